The molecule has 11 heteroatoms. The summed E-state index contributed by atoms with van der Waals surface area (Å²) < 4.78 is 7.68. The topological polar surface area (TPSA) is 147 Å². The van der Waals surface area contributed by atoms with Crippen molar-refractivity contribution in [3.8, 4) is 0 Å². The Kier molecular flexibility index (Phi) is 21.9. The molecule has 0 radical (unpaired) electrons. The van der Waals surface area contributed by atoms with Crippen LogP contribution in [0.15, 0.2) is 112 Å². The number of aromatic nitrogens is 9. The van der Waals surface area contributed by atoms with Crippen LogP contribution in [0.1, 0.15) is 175 Å². The lowest BCUT2D eigenvalue weighted by Crippen LogP contribution is -2.12. The maximum Gasteiger partial charge on any atom is 0.198 e. The van der Waals surface area contributed by atoms with Crippen molar-refractivity contribution in [1.82, 2.24) is 44.4 Å². The van der Waals surface area contributed by atoms with Gasteiger partial charge in [0.05, 0.1) is 27.6 Å². The van der Waals surface area contributed by atoms with Crippen LogP contribution < -0.4 is 5.43 Å². The minimum atomic E-state index is 0. The van der Waals surface area contributed by atoms with E-state index in [-0.39, 0.29) is 40.6 Å². The van der Waals surface area contributed by atoms with Gasteiger partial charge in [-0.05, 0) is 98.0 Å². The molecule has 0 aliphatic heterocycles. The molecule has 0 fully saturated rings. The molecule has 0 spiro atoms. The van der Waals surface area contributed by atoms with E-state index in [9.17, 15) is 4.79 Å². The van der Waals surface area contributed by atoms with Crippen molar-refractivity contribution in [3.63, 3.8) is 0 Å². The lowest BCUT2D eigenvalue weighted by atomic mass is 9.96. The molecule has 71 heavy (non-hydrogen) atoms. The van der Waals surface area contributed by atoms with Gasteiger partial charge in [-0.15, -0.1) is 0 Å². The molecule has 0 atom stereocenters. The summed E-state index contributed by atoms with van der Waals surface area (Å²) in [6.07, 6.45) is 1.84. The zero-order valence-corrected chi connectivity index (χ0v) is 42.1. The number of oxazole rings is 1. The predicted octanol–water partition coefficient (Wildman–Crippen LogP) is 16.7. The van der Waals surface area contributed by atoms with E-state index in [4.69, 9.17) is 4.42 Å². The first kappa shape index (κ1) is 60.2. The van der Waals surface area contributed by atoms with Crippen LogP contribution in [-0.4, -0.2) is 44.4 Å². The Hall–Kier alpha value is -6.88. The van der Waals surface area contributed by atoms with E-state index in [1.807, 2.05) is 73.8 Å². The van der Waals surface area contributed by atoms with Gasteiger partial charge in [0.1, 0.15) is 23.0 Å². The first-order valence-electron chi connectivity index (χ1n) is 23.4. The quantitative estimate of drug-likeness (QED) is 0.159. The van der Waals surface area contributed by atoms with E-state index in [0.717, 1.165) is 84.3 Å². The number of pyridine rings is 2. The zero-order valence-electron chi connectivity index (χ0n) is 42.1. The highest BCUT2D eigenvalue weighted by atomic mass is 16.3. The third kappa shape index (κ3) is 15.1. The fraction of sp³-hybridized carbons (Fsp3) is 0.400. The van der Waals surface area contributed by atoms with E-state index < -0.39 is 0 Å². The molecule has 6 aromatic heterocycles. The predicted molar refractivity (Wildman–Crippen MR) is 305 cm³/mol. The second kappa shape index (κ2) is 25.8. The summed E-state index contributed by atoms with van der Waals surface area (Å²) in [6, 6.07) is 31.7. The Labute approximate surface area is 424 Å². The van der Waals surface area contributed by atoms with Crippen molar-refractivity contribution in [2.45, 2.75) is 156 Å². The third-order valence-electron chi connectivity index (χ3n) is 11.4. The van der Waals surface area contributed by atoms with E-state index >= 15 is 0 Å². The maximum absolute atomic E-state index is 11.7. The molecule has 0 bridgehead atoms. The van der Waals surface area contributed by atoms with Crippen LogP contribution in [0.2, 0.25) is 0 Å². The van der Waals surface area contributed by atoms with Crippen LogP contribution >= 0.6 is 0 Å². The van der Waals surface area contributed by atoms with Crippen LogP contribution in [0.5, 0.6) is 0 Å². The number of hydrogen-bond acceptors (Lipinski definition) is 7. The van der Waals surface area contributed by atoms with Crippen molar-refractivity contribution in [2.75, 3.05) is 0 Å². The number of imidazole rings is 3. The Morgan fingerprint density at radius 3 is 1.80 bits per heavy atom. The molecule has 10 rings (SSSR count). The third-order valence-corrected chi connectivity index (χ3v) is 11.4. The Morgan fingerprint density at radius 2 is 1.20 bits per heavy atom. The monoisotopic (exact) mass is 964 g/mol. The Balaban J connectivity index is 0.000000300. The summed E-state index contributed by atoms with van der Waals surface area (Å²) in [5, 5.41) is 0.761. The number of nitrogens with zero attached hydrogens (tertiary/aromatic N) is 6. The van der Waals surface area contributed by atoms with Crippen molar-refractivity contribution < 1.29 is 4.42 Å². The molecule has 0 unspecified atom stereocenters. The Bertz CT molecular complexity index is 3210. The standard InChI is InChI=1S/C13H18N2.C12H13NO.C11H14N2.C10H13N3.C10H11NO.4CH4/c1-8-6-10-11(7-9(8)2)15-12(14-10)13(3,4)5;1-8(2)11-7-12(14)9-5-3-4-6-10(9)13-11;1-8(2)11-12-9-6-4-5-7-10(9)13(11)3;1-6(2)9-12-8-4-7(3)5-11-10(8)13-9;1-7(2)10-11-8-5-3-4-6-9(8)12-10;;;;/h6-7H,1-5H3,(H,14,15);3-8H,1-2H3,(H,13,14);4-8H,1-3H3;4-6H,1-3H3,(H,11,12,13);3-7H,1-2H3;4*1H4. The van der Waals surface area contributed by atoms with Crippen molar-refractivity contribution >= 4 is 55.2 Å². The summed E-state index contributed by atoms with van der Waals surface area (Å²) in [6.45, 7) is 29.7. The number of fused-ring (bicyclic) bond motifs is 5. The number of H-pyrrole nitrogens is 3. The molecular weight excluding hydrogens is 879 g/mol. The molecule has 0 amide bonds. The minimum absolute atomic E-state index is 0. The molecule has 0 saturated heterocycles. The summed E-state index contributed by atoms with van der Waals surface area (Å²) in [4.78, 5) is 43.8. The number of nitrogens with one attached hydrogen (secondary N) is 3. The molecule has 382 valence electrons. The average Bonchev–Trinajstić information content (AvgIpc) is 4.09. The van der Waals surface area contributed by atoms with Crippen LogP contribution in [0.4, 0.5) is 0 Å². The molecule has 11 nitrogen and oxygen atoms in total. The van der Waals surface area contributed by atoms with Gasteiger partial charge < -0.3 is 23.9 Å². The number of aromatic amines is 3. The molecule has 10 aromatic rings. The summed E-state index contributed by atoms with van der Waals surface area (Å²) in [5.41, 5.74) is 14.1. The number of rotatable bonds is 4. The van der Waals surface area contributed by atoms with Gasteiger partial charge in [-0.3, -0.25) is 4.79 Å². The first-order valence-corrected chi connectivity index (χ1v) is 23.4. The van der Waals surface area contributed by atoms with E-state index in [0.29, 0.717) is 23.7 Å². The molecule has 4 aromatic carbocycles. The highest BCUT2D eigenvalue weighted by Gasteiger charge is 2.18. The van der Waals surface area contributed by atoms with E-state index in [1.54, 1.807) is 6.07 Å². The van der Waals surface area contributed by atoms with Crippen LogP contribution in [0.3, 0.4) is 0 Å². The van der Waals surface area contributed by atoms with Crippen molar-refractivity contribution in [1.29, 1.82) is 0 Å². The molecule has 3 N–H and O–H groups in total. The first-order chi connectivity index (χ1) is 31.7. The largest absolute Gasteiger partial charge is 0.440 e. The number of para-hydroxylation sites is 5. The van der Waals surface area contributed by atoms with Gasteiger partial charge >= 0.3 is 0 Å². The van der Waals surface area contributed by atoms with Crippen molar-refractivity contribution in [3.05, 3.63) is 159 Å². The van der Waals surface area contributed by atoms with E-state index in [2.05, 4.69) is 172 Å². The SMILES string of the molecule is C.C.C.C.CC(C)c1cc(=O)c2ccccc2[nH]1.CC(C)c1nc2ccccc2n1C.CC(C)c1nc2ccccc2o1.Cc1cc2nc(C(C)(C)C)[nH]c2cc1C.Cc1cnc2nc(C(C)C)[nH]c2c1. The number of hydrogen-bond donors (Lipinski definition) is 3. The summed E-state index contributed by atoms with van der Waals surface area (Å²) in [5.74, 6) is 5.66. The number of benzene rings is 4. The smallest absolute Gasteiger partial charge is 0.198 e. The van der Waals surface area contributed by atoms with E-state index in [1.165, 1.54) is 16.6 Å². The maximum atomic E-state index is 11.7. The van der Waals surface area contributed by atoms with Gasteiger partial charge in [0.15, 0.2) is 22.5 Å². The zero-order chi connectivity index (χ0) is 48.7. The normalized spacial score (nSPS) is 10.9. The highest BCUT2D eigenvalue weighted by molar-refractivity contribution is 5.79. The molecule has 0 aliphatic rings. The Morgan fingerprint density at radius 1 is 0.577 bits per heavy atom. The lowest BCUT2D eigenvalue weighted by Gasteiger charge is -2.13. The van der Waals surface area contributed by atoms with Gasteiger partial charge in [-0.1, -0.05) is 142 Å². The minimum Gasteiger partial charge on any atom is -0.440 e. The molecule has 6 heterocycles. The van der Waals surface area contributed by atoms with Gasteiger partial charge in [0, 0.05) is 59.1 Å². The van der Waals surface area contributed by atoms with Gasteiger partial charge in [-0.2, -0.15) is 0 Å². The van der Waals surface area contributed by atoms with Crippen LogP contribution in [0.25, 0.3) is 55.2 Å². The average molecular weight is 964 g/mol. The second-order valence-corrected chi connectivity index (χ2v) is 19.6. The van der Waals surface area contributed by atoms with Crippen molar-refractivity contribution in [2.24, 2.45) is 7.05 Å². The van der Waals surface area contributed by atoms with Gasteiger partial charge in [0.2, 0.25) is 0 Å². The highest BCUT2D eigenvalue weighted by Crippen LogP contribution is 2.25. The number of aryl methyl sites for hydroxylation is 4. The van der Waals surface area contributed by atoms with Crippen LogP contribution in [0, 0.1) is 20.8 Å². The molecule has 0 aliphatic carbocycles. The van der Waals surface area contributed by atoms with Gasteiger partial charge in [-0.25, -0.2) is 24.9 Å². The summed E-state index contributed by atoms with van der Waals surface area (Å²) >= 11 is 0. The second-order valence-electron chi connectivity index (χ2n) is 19.6. The fourth-order valence-electron chi connectivity index (χ4n) is 7.27. The molecule has 0 saturated carbocycles. The molecular formula is C60H85N9O2. The summed E-state index contributed by atoms with van der Waals surface area (Å²) in [7, 11) is 2.07. The van der Waals surface area contributed by atoms with Crippen LogP contribution in [-0.2, 0) is 12.5 Å². The fourth-order valence-corrected chi connectivity index (χ4v) is 7.27. The van der Waals surface area contributed by atoms with Gasteiger partial charge in [0.25, 0.3) is 0 Å². The lowest BCUT2D eigenvalue weighted by molar-refractivity contribution is 0.501.